The van der Waals surface area contributed by atoms with Crippen molar-refractivity contribution in [1.29, 1.82) is 0 Å². The molecule has 0 atom stereocenters. The molecule has 14 heavy (non-hydrogen) atoms. The maximum atomic E-state index is 11.2. The van der Waals surface area contributed by atoms with E-state index in [2.05, 4.69) is 0 Å². The number of nitrogens with two attached hydrogens (primary N) is 1. The molecule has 0 saturated carbocycles. The summed E-state index contributed by atoms with van der Waals surface area (Å²) in [6.07, 6.45) is 1.79. The first kappa shape index (κ1) is 13.7. The molecule has 0 spiro atoms. The molecule has 0 aromatic carbocycles. The minimum absolute atomic E-state index is 0. The van der Waals surface area contributed by atoms with Gasteiger partial charge in [-0.05, 0) is 19.8 Å². The van der Waals surface area contributed by atoms with Crippen molar-refractivity contribution in [1.82, 2.24) is 0 Å². The van der Waals surface area contributed by atoms with Crippen molar-refractivity contribution >= 4 is 18.4 Å². The van der Waals surface area contributed by atoms with Gasteiger partial charge in [0.1, 0.15) is 0 Å². The Morgan fingerprint density at radius 1 is 1.50 bits per heavy atom. The highest BCUT2D eigenvalue weighted by molar-refractivity contribution is 5.85. The molecule has 1 fully saturated rings. The number of halogens is 1. The fraction of sp³-hybridized carbons (Fsp3) is 0.889. The van der Waals surface area contributed by atoms with Gasteiger partial charge >= 0.3 is 5.97 Å². The molecular formula is C9H18ClNO3. The molecule has 0 aliphatic carbocycles. The first-order valence-corrected chi connectivity index (χ1v) is 4.68. The van der Waals surface area contributed by atoms with E-state index in [1.54, 1.807) is 6.92 Å². The van der Waals surface area contributed by atoms with Crippen LogP contribution in [0.2, 0.25) is 0 Å². The second kappa shape index (κ2) is 6.22. The lowest BCUT2D eigenvalue weighted by Crippen LogP contribution is -2.46. The van der Waals surface area contributed by atoms with Crippen molar-refractivity contribution < 1.29 is 14.3 Å². The zero-order valence-corrected chi connectivity index (χ0v) is 9.27. The summed E-state index contributed by atoms with van der Waals surface area (Å²) in [6, 6.07) is 0. The third-order valence-electron chi connectivity index (χ3n) is 2.29. The largest absolute Gasteiger partial charge is 0.466 e. The average molecular weight is 224 g/mol. The van der Waals surface area contributed by atoms with Crippen molar-refractivity contribution in [2.45, 2.75) is 31.7 Å². The highest BCUT2D eigenvalue weighted by Gasteiger charge is 2.31. The van der Waals surface area contributed by atoms with Crippen LogP contribution >= 0.6 is 12.4 Å². The summed E-state index contributed by atoms with van der Waals surface area (Å²) < 4.78 is 10.0. The number of carbonyl (C=O) groups excluding carboxylic acids is 1. The summed E-state index contributed by atoms with van der Waals surface area (Å²) in [7, 11) is 0. The quantitative estimate of drug-likeness (QED) is 0.722. The van der Waals surface area contributed by atoms with Gasteiger partial charge in [-0.15, -0.1) is 12.4 Å². The van der Waals surface area contributed by atoms with Crippen molar-refractivity contribution in [3.63, 3.8) is 0 Å². The van der Waals surface area contributed by atoms with Gasteiger partial charge in [0.05, 0.1) is 13.0 Å². The van der Waals surface area contributed by atoms with Gasteiger partial charge in [-0.1, -0.05) is 0 Å². The number of carbonyl (C=O) groups is 1. The average Bonchev–Trinajstić information content (AvgIpc) is 2.04. The van der Waals surface area contributed by atoms with Gasteiger partial charge in [0, 0.05) is 18.8 Å². The van der Waals surface area contributed by atoms with Gasteiger partial charge in [0.25, 0.3) is 0 Å². The van der Waals surface area contributed by atoms with Crippen LogP contribution in [0.4, 0.5) is 0 Å². The van der Waals surface area contributed by atoms with E-state index in [4.69, 9.17) is 15.2 Å². The lowest BCUT2D eigenvalue weighted by Gasteiger charge is -2.32. The molecule has 5 heteroatoms. The van der Waals surface area contributed by atoms with E-state index >= 15 is 0 Å². The maximum absolute atomic E-state index is 11.2. The predicted octanol–water partition coefficient (Wildman–Crippen LogP) is 0.869. The van der Waals surface area contributed by atoms with Crippen molar-refractivity contribution in [2.24, 2.45) is 5.73 Å². The van der Waals surface area contributed by atoms with Crippen LogP contribution in [0.25, 0.3) is 0 Å². The summed E-state index contributed by atoms with van der Waals surface area (Å²) in [5, 5.41) is 0. The second-order valence-corrected chi connectivity index (χ2v) is 3.46. The van der Waals surface area contributed by atoms with Crippen molar-refractivity contribution in [2.75, 3.05) is 19.8 Å². The molecule has 0 aromatic heterocycles. The van der Waals surface area contributed by atoms with E-state index in [9.17, 15) is 4.79 Å². The van der Waals surface area contributed by atoms with Crippen molar-refractivity contribution in [3.05, 3.63) is 0 Å². The van der Waals surface area contributed by atoms with Crippen LogP contribution in [-0.2, 0) is 14.3 Å². The van der Waals surface area contributed by atoms with Crippen LogP contribution in [0, 0.1) is 0 Å². The fourth-order valence-corrected chi connectivity index (χ4v) is 1.45. The zero-order chi connectivity index (χ0) is 9.73. The summed E-state index contributed by atoms with van der Waals surface area (Å²) in [4.78, 5) is 11.2. The summed E-state index contributed by atoms with van der Waals surface area (Å²) in [5.74, 6) is -0.202. The molecule has 1 aliphatic rings. The molecule has 1 heterocycles. The maximum Gasteiger partial charge on any atom is 0.307 e. The number of ether oxygens (including phenoxy) is 2. The zero-order valence-electron chi connectivity index (χ0n) is 8.45. The number of rotatable bonds is 3. The lowest BCUT2D eigenvalue weighted by atomic mass is 9.88. The molecule has 0 aromatic rings. The third-order valence-corrected chi connectivity index (χ3v) is 2.29. The SMILES string of the molecule is CCOC(=O)CC1(N)CCOCC1.Cl. The van der Waals surface area contributed by atoms with E-state index < -0.39 is 5.54 Å². The summed E-state index contributed by atoms with van der Waals surface area (Å²) in [5.41, 5.74) is 5.61. The molecule has 1 rings (SSSR count). The first-order valence-electron chi connectivity index (χ1n) is 4.68. The minimum atomic E-state index is -0.398. The smallest absolute Gasteiger partial charge is 0.307 e. The Balaban J connectivity index is 0.00000169. The van der Waals surface area contributed by atoms with E-state index in [0.717, 1.165) is 12.8 Å². The topological polar surface area (TPSA) is 61.5 Å². The highest BCUT2D eigenvalue weighted by Crippen LogP contribution is 2.21. The molecule has 0 amide bonds. The van der Waals surface area contributed by atoms with Crippen LogP contribution in [0.1, 0.15) is 26.2 Å². The Morgan fingerprint density at radius 2 is 2.07 bits per heavy atom. The Morgan fingerprint density at radius 3 is 2.57 bits per heavy atom. The highest BCUT2D eigenvalue weighted by atomic mass is 35.5. The Bertz CT molecular complexity index is 181. The molecular weight excluding hydrogens is 206 g/mol. The second-order valence-electron chi connectivity index (χ2n) is 3.46. The molecule has 2 N–H and O–H groups in total. The number of hydrogen-bond donors (Lipinski definition) is 1. The van der Waals surface area contributed by atoms with Gasteiger partial charge in [-0.25, -0.2) is 0 Å². The number of hydrogen-bond acceptors (Lipinski definition) is 4. The lowest BCUT2D eigenvalue weighted by molar-refractivity contribution is -0.145. The first-order chi connectivity index (χ1) is 6.16. The fourth-order valence-electron chi connectivity index (χ4n) is 1.45. The van der Waals surface area contributed by atoms with Gasteiger partial charge in [0.15, 0.2) is 0 Å². The van der Waals surface area contributed by atoms with Gasteiger partial charge in [0.2, 0.25) is 0 Å². The van der Waals surface area contributed by atoms with E-state index in [-0.39, 0.29) is 18.4 Å². The van der Waals surface area contributed by atoms with Gasteiger partial charge < -0.3 is 15.2 Å². The van der Waals surface area contributed by atoms with Gasteiger partial charge in [-0.2, -0.15) is 0 Å². The van der Waals surface area contributed by atoms with E-state index in [1.165, 1.54) is 0 Å². The summed E-state index contributed by atoms with van der Waals surface area (Å²) >= 11 is 0. The predicted molar refractivity (Wildman–Crippen MR) is 55.5 cm³/mol. The molecule has 0 radical (unpaired) electrons. The molecule has 0 bridgehead atoms. The van der Waals surface area contributed by atoms with Gasteiger partial charge in [-0.3, -0.25) is 4.79 Å². The van der Waals surface area contributed by atoms with Crippen molar-refractivity contribution in [3.8, 4) is 0 Å². The van der Waals surface area contributed by atoms with Crippen LogP contribution < -0.4 is 5.73 Å². The van der Waals surface area contributed by atoms with E-state index in [0.29, 0.717) is 26.2 Å². The van der Waals surface area contributed by atoms with Crippen LogP contribution in [0.15, 0.2) is 0 Å². The molecule has 1 aliphatic heterocycles. The van der Waals surface area contributed by atoms with Crippen LogP contribution in [-0.4, -0.2) is 31.3 Å². The minimum Gasteiger partial charge on any atom is -0.466 e. The molecule has 0 unspecified atom stereocenters. The normalized spacial score (nSPS) is 19.6. The molecule has 1 saturated heterocycles. The van der Waals surface area contributed by atoms with Crippen LogP contribution in [0.5, 0.6) is 0 Å². The third kappa shape index (κ3) is 4.26. The monoisotopic (exact) mass is 223 g/mol. The Labute approximate surface area is 90.5 Å². The Kier molecular flexibility index (Phi) is 6.08. The molecule has 84 valence electrons. The Hall–Kier alpha value is -0.320. The molecule has 4 nitrogen and oxygen atoms in total. The standard InChI is InChI=1S/C9H17NO3.ClH/c1-2-13-8(11)7-9(10)3-5-12-6-4-9;/h2-7,10H2,1H3;1H. The van der Waals surface area contributed by atoms with Crippen LogP contribution in [0.3, 0.4) is 0 Å². The number of esters is 1. The summed E-state index contributed by atoms with van der Waals surface area (Å²) in [6.45, 7) is 3.52. The van der Waals surface area contributed by atoms with E-state index in [1.807, 2.05) is 0 Å².